The van der Waals surface area contributed by atoms with Gasteiger partial charge in [-0.3, -0.25) is 9.59 Å². The highest BCUT2D eigenvalue weighted by Crippen LogP contribution is 2.27. The molecule has 0 aliphatic carbocycles. The molecule has 0 radical (unpaired) electrons. The molecule has 0 aromatic heterocycles. The minimum atomic E-state index is -0.917. The van der Waals surface area contributed by atoms with Gasteiger partial charge in [0.05, 0.1) is 0 Å². The van der Waals surface area contributed by atoms with Crippen molar-refractivity contribution in [1.82, 2.24) is 15.5 Å². The van der Waals surface area contributed by atoms with Crippen LogP contribution in [0.3, 0.4) is 0 Å². The number of carbonyl (C=O) groups excluding carboxylic acids is 3. The average molecular weight is 522 g/mol. The number of hydrogen-bond acceptors (Lipinski definition) is 4. The Morgan fingerprint density at radius 3 is 2.29 bits per heavy atom. The fourth-order valence-corrected chi connectivity index (χ4v) is 4.19. The molecule has 7 heteroatoms. The van der Waals surface area contributed by atoms with Crippen molar-refractivity contribution in [3.63, 3.8) is 0 Å². The van der Waals surface area contributed by atoms with Gasteiger partial charge in [-0.1, -0.05) is 74.0 Å². The smallest absolute Gasteiger partial charge is 0.408 e. The SMILES string of the molecule is C=CCN(C(=O)C(CC(C)C)NC(=O)OC(C)(C)C)C(C(=O)NCc1ccccc1)c1cc(C)ccc1C. The molecule has 3 amide bonds. The van der Waals surface area contributed by atoms with E-state index in [1.54, 1.807) is 26.8 Å². The van der Waals surface area contributed by atoms with Gasteiger partial charge in [-0.15, -0.1) is 6.58 Å². The Morgan fingerprint density at radius 1 is 1.05 bits per heavy atom. The number of amides is 3. The molecule has 2 N–H and O–H groups in total. The third-order valence-corrected chi connectivity index (χ3v) is 5.90. The predicted molar refractivity (Wildman–Crippen MR) is 151 cm³/mol. The standard InChI is InChI=1S/C31H43N3O4/c1-9-17-34(29(36)26(18-21(2)3)33-30(37)38-31(6,7)8)27(25-19-22(4)15-16-23(25)5)28(35)32-20-24-13-11-10-12-14-24/h9-16,19,21,26-27H,1,17-18,20H2,2-8H3,(H,32,35)(H,33,37). The number of ether oxygens (including phenoxy) is 1. The van der Waals surface area contributed by atoms with Crippen molar-refractivity contribution < 1.29 is 19.1 Å². The Balaban J connectivity index is 2.49. The van der Waals surface area contributed by atoms with Crippen LogP contribution in [0.1, 0.15) is 69.3 Å². The van der Waals surface area contributed by atoms with Gasteiger partial charge < -0.3 is 20.3 Å². The summed E-state index contributed by atoms with van der Waals surface area (Å²) in [5.74, 6) is -0.570. The molecule has 2 aromatic rings. The number of nitrogens with one attached hydrogen (secondary N) is 2. The number of hydrogen-bond donors (Lipinski definition) is 2. The van der Waals surface area contributed by atoms with Gasteiger partial charge >= 0.3 is 6.09 Å². The van der Waals surface area contributed by atoms with E-state index in [1.165, 1.54) is 4.90 Å². The quantitative estimate of drug-likeness (QED) is 0.376. The van der Waals surface area contributed by atoms with E-state index in [1.807, 2.05) is 76.2 Å². The van der Waals surface area contributed by atoms with E-state index in [9.17, 15) is 14.4 Å². The van der Waals surface area contributed by atoms with Crippen LogP contribution >= 0.6 is 0 Å². The van der Waals surface area contributed by atoms with Crippen molar-refractivity contribution >= 4 is 17.9 Å². The first kappa shape index (κ1) is 30.6. The molecule has 0 bridgehead atoms. The van der Waals surface area contributed by atoms with Crippen molar-refractivity contribution in [2.45, 2.75) is 79.1 Å². The highest BCUT2D eigenvalue weighted by molar-refractivity contribution is 5.92. The summed E-state index contributed by atoms with van der Waals surface area (Å²) < 4.78 is 5.43. The van der Waals surface area contributed by atoms with Crippen LogP contribution in [0.25, 0.3) is 0 Å². The normalized spacial score (nSPS) is 12.8. The molecule has 2 rings (SSSR count). The summed E-state index contributed by atoms with van der Waals surface area (Å²) in [6.07, 6.45) is 1.31. The largest absolute Gasteiger partial charge is 0.444 e. The van der Waals surface area contributed by atoms with Crippen molar-refractivity contribution in [3.8, 4) is 0 Å². The van der Waals surface area contributed by atoms with Crippen LogP contribution in [-0.4, -0.2) is 41.0 Å². The lowest BCUT2D eigenvalue weighted by atomic mass is 9.95. The Morgan fingerprint density at radius 2 is 1.71 bits per heavy atom. The highest BCUT2D eigenvalue weighted by Gasteiger charge is 2.36. The Labute approximate surface area is 227 Å². The molecule has 38 heavy (non-hydrogen) atoms. The lowest BCUT2D eigenvalue weighted by Crippen LogP contribution is -2.53. The molecule has 0 aliphatic rings. The molecule has 2 atom stereocenters. The second-order valence-electron chi connectivity index (χ2n) is 11.1. The van der Waals surface area contributed by atoms with Crippen LogP contribution in [0.4, 0.5) is 4.79 Å². The third-order valence-electron chi connectivity index (χ3n) is 5.90. The Bertz CT molecular complexity index is 1110. The number of carbonyl (C=O) groups is 3. The molecule has 2 aromatic carbocycles. The topological polar surface area (TPSA) is 87.7 Å². The predicted octanol–water partition coefficient (Wildman–Crippen LogP) is 5.61. The molecule has 206 valence electrons. The molecule has 0 saturated carbocycles. The molecule has 0 saturated heterocycles. The van der Waals surface area contributed by atoms with Crippen molar-refractivity contribution in [3.05, 3.63) is 83.4 Å². The van der Waals surface area contributed by atoms with Gasteiger partial charge in [-0.2, -0.15) is 0 Å². The van der Waals surface area contributed by atoms with E-state index >= 15 is 0 Å². The first-order valence-electron chi connectivity index (χ1n) is 13.1. The zero-order valence-electron chi connectivity index (χ0n) is 23.8. The summed E-state index contributed by atoms with van der Waals surface area (Å²) in [5, 5.41) is 5.76. The maximum atomic E-state index is 14.1. The zero-order valence-corrected chi connectivity index (χ0v) is 23.8. The van der Waals surface area contributed by atoms with Gasteiger partial charge in [0, 0.05) is 13.1 Å². The molecular weight excluding hydrogens is 478 g/mol. The lowest BCUT2D eigenvalue weighted by molar-refractivity contribution is -0.142. The number of aryl methyl sites for hydroxylation is 2. The summed E-state index contributed by atoms with van der Waals surface area (Å²) in [7, 11) is 0. The van der Waals surface area contributed by atoms with Gasteiger partial charge in [-0.25, -0.2) is 4.79 Å². The molecular formula is C31H43N3O4. The molecule has 7 nitrogen and oxygen atoms in total. The summed E-state index contributed by atoms with van der Waals surface area (Å²) in [4.78, 5) is 42.1. The molecule has 0 fully saturated rings. The van der Waals surface area contributed by atoms with Gasteiger partial charge in [-0.05, 0) is 63.6 Å². The van der Waals surface area contributed by atoms with E-state index in [2.05, 4.69) is 17.2 Å². The molecule has 0 aliphatic heterocycles. The first-order valence-corrected chi connectivity index (χ1v) is 13.1. The summed E-state index contributed by atoms with van der Waals surface area (Å²) in [6.45, 7) is 17.4. The van der Waals surface area contributed by atoms with Crippen molar-refractivity contribution in [1.29, 1.82) is 0 Å². The van der Waals surface area contributed by atoms with Crippen molar-refractivity contribution in [2.24, 2.45) is 5.92 Å². The molecule has 0 heterocycles. The highest BCUT2D eigenvalue weighted by atomic mass is 16.6. The number of benzene rings is 2. The number of alkyl carbamates (subject to hydrolysis) is 1. The lowest BCUT2D eigenvalue weighted by Gasteiger charge is -2.35. The second-order valence-corrected chi connectivity index (χ2v) is 11.1. The fourth-order valence-electron chi connectivity index (χ4n) is 4.19. The Hall–Kier alpha value is -3.61. The van der Waals surface area contributed by atoms with Crippen LogP contribution in [0.15, 0.2) is 61.2 Å². The van der Waals surface area contributed by atoms with Crippen LogP contribution in [0.5, 0.6) is 0 Å². The van der Waals surface area contributed by atoms with Gasteiger partial charge in [0.15, 0.2) is 0 Å². The van der Waals surface area contributed by atoms with E-state index < -0.39 is 23.8 Å². The zero-order chi connectivity index (χ0) is 28.5. The fraction of sp³-hybridized carbons (Fsp3) is 0.452. The summed E-state index contributed by atoms with van der Waals surface area (Å²) in [6, 6.07) is 13.7. The minimum absolute atomic E-state index is 0.107. The second kappa shape index (κ2) is 13.8. The molecule has 2 unspecified atom stereocenters. The van der Waals surface area contributed by atoms with Crippen LogP contribution in [0.2, 0.25) is 0 Å². The van der Waals surface area contributed by atoms with Gasteiger partial charge in [0.1, 0.15) is 17.7 Å². The van der Waals surface area contributed by atoms with Crippen LogP contribution in [0, 0.1) is 19.8 Å². The van der Waals surface area contributed by atoms with Crippen molar-refractivity contribution in [2.75, 3.05) is 6.54 Å². The van der Waals surface area contributed by atoms with Gasteiger partial charge in [0.2, 0.25) is 11.8 Å². The maximum absolute atomic E-state index is 14.1. The van der Waals surface area contributed by atoms with E-state index in [4.69, 9.17) is 4.74 Å². The third kappa shape index (κ3) is 9.36. The monoisotopic (exact) mass is 521 g/mol. The van der Waals surface area contributed by atoms with Crippen LogP contribution in [-0.2, 0) is 20.9 Å². The maximum Gasteiger partial charge on any atom is 0.408 e. The Kier molecular flexibility index (Phi) is 11.1. The van der Waals surface area contributed by atoms with E-state index in [0.717, 1.165) is 22.3 Å². The summed E-state index contributed by atoms with van der Waals surface area (Å²) in [5.41, 5.74) is 2.83. The van der Waals surface area contributed by atoms with E-state index in [-0.39, 0.29) is 24.3 Å². The van der Waals surface area contributed by atoms with E-state index in [0.29, 0.717) is 13.0 Å². The van der Waals surface area contributed by atoms with Gasteiger partial charge in [0.25, 0.3) is 0 Å². The molecule has 0 spiro atoms. The van der Waals surface area contributed by atoms with Crippen LogP contribution < -0.4 is 10.6 Å². The average Bonchev–Trinajstić information content (AvgIpc) is 2.82. The summed E-state index contributed by atoms with van der Waals surface area (Å²) >= 11 is 0. The number of rotatable bonds is 11. The minimum Gasteiger partial charge on any atom is -0.444 e. The number of nitrogens with zero attached hydrogens (tertiary/aromatic N) is 1. The first-order chi connectivity index (χ1) is 17.8.